The van der Waals surface area contributed by atoms with E-state index in [4.69, 9.17) is 18.9 Å². The van der Waals surface area contributed by atoms with Crippen LogP contribution in [0.2, 0.25) is 0 Å². The van der Waals surface area contributed by atoms with E-state index in [1.807, 2.05) is 24.3 Å². The molecule has 4 aromatic rings. The van der Waals surface area contributed by atoms with Crippen molar-refractivity contribution in [3.63, 3.8) is 0 Å². The van der Waals surface area contributed by atoms with Crippen LogP contribution < -0.4 is 35.9 Å². The summed E-state index contributed by atoms with van der Waals surface area (Å²) in [5.74, 6) is 1.49. The molecule has 3 aromatic carbocycles. The highest BCUT2D eigenvalue weighted by Crippen LogP contribution is 2.44. The van der Waals surface area contributed by atoms with Gasteiger partial charge in [-0.3, -0.25) is 0 Å². The molecule has 0 radical (unpaired) electrons. The van der Waals surface area contributed by atoms with Gasteiger partial charge in [0.05, 0.1) is 25.2 Å². The van der Waals surface area contributed by atoms with E-state index in [1.165, 1.54) is 12.1 Å². The second-order valence-electron chi connectivity index (χ2n) is 8.48. The maximum absolute atomic E-state index is 14.1. The van der Waals surface area contributed by atoms with Crippen LogP contribution in [0.3, 0.4) is 0 Å². The molecule has 5 nitrogen and oxygen atoms in total. The van der Waals surface area contributed by atoms with Gasteiger partial charge in [0.1, 0.15) is 11.6 Å². The Hall–Kier alpha value is -3.58. The van der Waals surface area contributed by atoms with Gasteiger partial charge in [0.25, 0.3) is 0 Å². The van der Waals surface area contributed by atoms with Crippen LogP contribution >= 0.6 is 0 Å². The van der Waals surface area contributed by atoms with Crippen molar-refractivity contribution in [3.8, 4) is 34.3 Å². The number of benzene rings is 3. The third-order valence-corrected chi connectivity index (χ3v) is 6.55. The van der Waals surface area contributed by atoms with Crippen molar-refractivity contribution in [3.05, 3.63) is 77.0 Å². The minimum atomic E-state index is -0.597. The second kappa shape index (κ2) is 8.89. The number of fused-ring (bicyclic) bond motifs is 5. The number of rotatable bonds is 4. The molecule has 8 heteroatoms. The van der Waals surface area contributed by atoms with E-state index < -0.39 is 11.6 Å². The van der Waals surface area contributed by atoms with Gasteiger partial charge in [-0.25, -0.2) is 8.78 Å². The highest BCUT2D eigenvalue weighted by atomic mass is 35.5. The number of ether oxygens (including phenoxy) is 4. The fourth-order valence-corrected chi connectivity index (χ4v) is 5.11. The molecule has 2 aliphatic rings. The SMILES string of the molecule is COc1ccc2c(Cc3cc(F)cc(F)c3)c3[n+](cc2c1OC)CCc1cc2c(cc1-3)OCO2.[Cl-]. The van der Waals surface area contributed by atoms with E-state index in [0.717, 1.165) is 57.9 Å². The molecule has 6 rings (SSSR count). The topological polar surface area (TPSA) is 40.8 Å². The Bertz CT molecular complexity index is 1450. The van der Waals surface area contributed by atoms with Crippen LogP contribution in [0.1, 0.15) is 16.7 Å². The minimum absolute atomic E-state index is 0. The van der Waals surface area contributed by atoms with Crippen molar-refractivity contribution in [2.24, 2.45) is 0 Å². The number of aryl methyl sites for hydroxylation is 2. The van der Waals surface area contributed by atoms with Crippen molar-refractivity contribution < 1.29 is 44.7 Å². The fourth-order valence-electron chi connectivity index (χ4n) is 5.11. The van der Waals surface area contributed by atoms with E-state index in [9.17, 15) is 8.78 Å². The first-order chi connectivity index (χ1) is 16.6. The highest BCUT2D eigenvalue weighted by Gasteiger charge is 2.32. The lowest BCUT2D eigenvalue weighted by molar-refractivity contribution is -0.686. The first-order valence-electron chi connectivity index (χ1n) is 11.0. The molecule has 2 aliphatic heterocycles. The molecule has 180 valence electrons. The third-order valence-electron chi connectivity index (χ3n) is 6.55. The molecular formula is C27H22ClF2NO4. The summed E-state index contributed by atoms with van der Waals surface area (Å²) in [7, 11) is 3.21. The number of nitrogens with zero attached hydrogens (tertiary/aromatic N) is 1. The number of hydrogen-bond acceptors (Lipinski definition) is 4. The molecule has 0 aliphatic carbocycles. The van der Waals surface area contributed by atoms with Crippen molar-refractivity contribution >= 4 is 10.8 Å². The van der Waals surface area contributed by atoms with E-state index in [1.54, 1.807) is 14.2 Å². The second-order valence-corrected chi connectivity index (χ2v) is 8.48. The summed E-state index contributed by atoms with van der Waals surface area (Å²) in [6.45, 7) is 0.936. The van der Waals surface area contributed by atoms with Crippen LogP contribution in [0.4, 0.5) is 8.78 Å². The maximum Gasteiger partial charge on any atom is 0.231 e. The molecule has 0 atom stereocenters. The van der Waals surface area contributed by atoms with Crippen molar-refractivity contribution in [2.75, 3.05) is 21.0 Å². The molecule has 0 N–H and O–H groups in total. The fraction of sp³-hybridized carbons (Fsp3) is 0.222. The van der Waals surface area contributed by atoms with Gasteiger partial charge in [-0.1, -0.05) is 0 Å². The first-order valence-corrected chi connectivity index (χ1v) is 11.0. The normalized spacial score (nSPS) is 13.1. The Labute approximate surface area is 207 Å². The number of hydrogen-bond donors (Lipinski definition) is 0. The molecule has 0 bridgehead atoms. The molecule has 0 saturated heterocycles. The molecule has 35 heavy (non-hydrogen) atoms. The van der Waals surface area contributed by atoms with Crippen LogP contribution in [0.25, 0.3) is 22.0 Å². The Kier molecular flexibility index (Phi) is 5.89. The van der Waals surface area contributed by atoms with E-state index >= 15 is 0 Å². The van der Waals surface area contributed by atoms with Crippen molar-refractivity contribution in [1.82, 2.24) is 0 Å². The Morgan fingerprint density at radius 3 is 2.37 bits per heavy atom. The number of pyridine rings is 1. The highest BCUT2D eigenvalue weighted by molar-refractivity contribution is 5.95. The Morgan fingerprint density at radius 1 is 0.914 bits per heavy atom. The standard InChI is InChI=1S/C27H22F2NO4.ClH/c1-31-23-4-3-19-21(9-15-7-17(28)11-18(29)8-15)26-20-12-25-24(33-14-34-25)10-16(20)5-6-30(26)13-22(19)27(23)32-2;/h3-4,7-8,10-13H,5-6,9,14H2,1-2H3;1H/q+1;/p-1. The van der Waals surface area contributed by atoms with Gasteiger partial charge in [0.2, 0.25) is 12.5 Å². The van der Waals surface area contributed by atoms with Crippen LogP contribution in [0.5, 0.6) is 23.0 Å². The number of halogens is 3. The van der Waals surface area contributed by atoms with Crippen LogP contribution in [-0.4, -0.2) is 21.0 Å². The average Bonchev–Trinajstić information content (AvgIpc) is 3.28. The zero-order chi connectivity index (χ0) is 23.4. The summed E-state index contributed by atoms with van der Waals surface area (Å²) in [4.78, 5) is 0. The van der Waals surface area contributed by atoms with Gasteiger partial charge in [-0.15, -0.1) is 0 Å². The van der Waals surface area contributed by atoms with Gasteiger partial charge in [-0.2, -0.15) is 4.57 Å². The summed E-state index contributed by atoms with van der Waals surface area (Å²) in [5, 5.41) is 1.81. The maximum atomic E-state index is 14.1. The largest absolute Gasteiger partial charge is 1.00 e. The molecular weight excluding hydrogens is 476 g/mol. The molecule has 0 amide bonds. The number of methoxy groups -OCH3 is 2. The van der Waals surface area contributed by atoms with E-state index in [2.05, 4.69) is 10.8 Å². The molecule has 0 fully saturated rings. The third kappa shape index (κ3) is 3.80. The van der Waals surface area contributed by atoms with E-state index in [0.29, 0.717) is 29.2 Å². The summed E-state index contributed by atoms with van der Waals surface area (Å²) >= 11 is 0. The minimum Gasteiger partial charge on any atom is -1.00 e. The van der Waals surface area contributed by atoms with Crippen LogP contribution in [0.15, 0.2) is 48.7 Å². The molecule has 0 spiro atoms. The Morgan fingerprint density at radius 2 is 1.66 bits per heavy atom. The zero-order valence-electron chi connectivity index (χ0n) is 19.2. The molecule has 0 unspecified atom stereocenters. The lowest BCUT2D eigenvalue weighted by Crippen LogP contribution is -3.00. The van der Waals surface area contributed by atoms with Gasteiger partial charge < -0.3 is 31.4 Å². The monoisotopic (exact) mass is 497 g/mol. The predicted molar refractivity (Wildman–Crippen MR) is 122 cm³/mol. The summed E-state index contributed by atoms with van der Waals surface area (Å²) in [5.41, 5.74) is 4.66. The predicted octanol–water partition coefficient (Wildman–Crippen LogP) is 1.97. The molecule has 3 heterocycles. The van der Waals surface area contributed by atoms with Gasteiger partial charge >= 0.3 is 0 Å². The molecule has 0 saturated carbocycles. The first kappa shape index (κ1) is 23.2. The molecule has 1 aromatic heterocycles. The lowest BCUT2D eigenvalue weighted by Gasteiger charge is -2.21. The lowest BCUT2D eigenvalue weighted by atomic mass is 9.88. The van der Waals surface area contributed by atoms with Crippen molar-refractivity contribution in [2.45, 2.75) is 19.4 Å². The van der Waals surface area contributed by atoms with Crippen molar-refractivity contribution in [1.29, 1.82) is 0 Å². The Balaban J connectivity index is 0.00000253. The van der Waals surface area contributed by atoms with Gasteiger partial charge in [-0.05, 0) is 47.5 Å². The summed E-state index contributed by atoms with van der Waals surface area (Å²) < 4.78 is 52.8. The van der Waals surface area contributed by atoms with Crippen LogP contribution in [-0.2, 0) is 19.4 Å². The van der Waals surface area contributed by atoms with Crippen LogP contribution in [0, 0.1) is 11.6 Å². The average molecular weight is 498 g/mol. The number of aromatic nitrogens is 1. The van der Waals surface area contributed by atoms with E-state index in [-0.39, 0.29) is 19.2 Å². The smallest absolute Gasteiger partial charge is 0.231 e. The van der Waals surface area contributed by atoms with Gasteiger partial charge in [0, 0.05) is 29.9 Å². The quantitative estimate of drug-likeness (QED) is 0.404. The zero-order valence-corrected chi connectivity index (χ0v) is 19.9. The van der Waals surface area contributed by atoms with Gasteiger partial charge in [0.15, 0.2) is 35.7 Å². The summed E-state index contributed by atoms with van der Waals surface area (Å²) in [6, 6.07) is 11.5. The summed E-state index contributed by atoms with van der Waals surface area (Å²) in [6.07, 6.45) is 3.22.